The van der Waals surface area contributed by atoms with Crippen LogP contribution in [-0.2, 0) is 0 Å². The van der Waals surface area contributed by atoms with Crippen LogP contribution in [0.4, 0.5) is 4.39 Å². The van der Waals surface area contributed by atoms with E-state index in [1.165, 1.54) is 10.6 Å². The van der Waals surface area contributed by atoms with Gasteiger partial charge in [0.2, 0.25) is 0 Å². The molecule has 4 rings (SSSR count). The molecule has 0 saturated carbocycles. The molecule has 0 aliphatic carbocycles. The first-order chi connectivity index (χ1) is 10.3. The summed E-state index contributed by atoms with van der Waals surface area (Å²) in [6, 6.07) is 13.7. The topological polar surface area (TPSA) is 50.7 Å². The third-order valence-electron chi connectivity index (χ3n) is 3.51. The van der Waals surface area contributed by atoms with E-state index in [4.69, 9.17) is 0 Å². The minimum absolute atomic E-state index is 0.227. The molecular weight excluding hydrogens is 269 g/mol. The minimum atomic E-state index is -0.443. The van der Waals surface area contributed by atoms with Crippen LogP contribution in [0.1, 0.15) is 0 Å². The van der Waals surface area contributed by atoms with Gasteiger partial charge in [0.25, 0.3) is 0 Å². The molecule has 2 heterocycles. The molecule has 0 amide bonds. The highest BCUT2D eigenvalue weighted by atomic mass is 19.1. The Morgan fingerprint density at radius 3 is 2.67 bits per heavy atom. The molecule has 0 aliphatic rings. The number of H-pyrrole nitrogens is 1. The molecular formula is C16H10FN3O. The van der Waals surface area contributed by atoms with Crippen molar-refractivity contribution >= 4 is 21.9 Å². The molecule has 5 heteroatoms. The summed E-state index contributed by atoms with van der Waals surface area (Å²) in [5, 5.41) is 0.802. The number of para-hydroxylation sites is 2. The summed E-state index contributed by atoms with van der Waals surface area (Å²) in [6.07, 6.45) is 1.59. The van der Waals surface area contributed by atoms with Crippen molar-refractivity contribution in [2.45, 2.75) is 0 Å². The van der Waals surface area contributed by atoms with Crippen molar-refractivity contribution in [3.63, 3.8) is 0 Å². The molecule has 0 fully saturated rings. The number of hydrogen-bond acceptors (Lipinski definition) is 2. The zero-order valence-electron chi connectivity index (χ0n) is 10.9. The van der Waals surface area contributed by atoms with Gasteiger partial charge in [-0.3, -0.25) is 9.55 Å². The minimum Gasteiger partial charge on any atom is -0.304 e. The first-order valence-electron chi connectivity index (χ1n) is 6.49. The number of aromatic nitrogens is 3. The Hall–Kier alpha value is -2.95. The van der Waals surface area contributed by atoms with Gasteiger partial charge < -0.3 is 4.98 Å². The fraction of sp³-hybridized carbons (Fsp3) is 0. The normalized spacial score (nSPS) is 11.3. The van der Waals surface area contributed by atoms with Crippen LogP contribution in [-0.4, -0.2) is 14.5 Å². The van der Waals surface area contributed by atoms with Crippen LogP contribution in [0, 0.1) is 5.82 Å². The molecule has 0 atom stereocenters. The van der Waals surface area contributed by atoms with E-state index in [0.717, 1.165) is 10.9 Å². The lowest BCUT2D eigenvalue weighted by molar-refractivity contribution is 0.618. The lowest BCUT2D eigenvalue weighted by atomic mass is 10.2. The van der Waals surface area contributed by atoms with Crippen molar-refractivity contribution in [2.75, 3.05) is 0 Å². The van der Waals surface area contributed by atoms with E-state index >= 15 is 0 Å². The van der Waals surface area contributed by atoms with E-state index in [0.29, 0.717) is 11.0 Å². The van der Waals surface area contributed by atoms with Gasteiger partial charge in [-0.2, -0.15) is 0 Å². The quantitative estimate of drug-likeness (QED) is 0.582. The van der Waals surface area contributed by atoms with Gasteiger partial charge in [0, 0.05) is 5.39 Å². The Bertz CT molecular complexity index is 1030. The van der Waals surface area contributed by atoms with Crippen LogP contribution in [0.3, 0.4) is 0 Å². The zero-order valence-corrected chi connectivity index (χ0v) is 10.9. The number of imidazole rings is 1. The fourth-order valence-corrected chi connectivity index (χ4v) is 2.59. The predicted octanol–water partition coefficient (Wildman–Crippen LogP) is 3.01. The molecule has 21 heavy (non-hydrogen) atoms. The second kappa shape index (κ2) is 4.28. The van der Waals surface area contributed by atoms with Crippen molar-refractivity contribution in [2.24, 2.45) is 0 Å². The molecule has 2 aromatic heterocycles. The average molecular weight is 279 g/mol. The van der Waals surface area contributed by atoms with Crippen LogP contribution >= 0.6 is 0 Å². The van der Waals surface area contributed by atoms with E-state index in [-0.39, 0.29) is 11.4 Å². The first kappa shape index (κ1) is 11.8. The van der Waals surface area contributed by atoms with Crippen molar-refractivity contribution in [3.05, 3.63) is 71.0 Å². The van der Waals surface area contributed by atoms with Gasteiger partial charge in [0.1, 0.15) is 5.82 Å². The third-order valence-corrected chi connectivity index (χ3v) is 3.51. The largest absolute Gasteiger partial charge is 0.331 e. The molecule has 0 saturated heterocycles. The molecule has 102 valence electrons. The lowest BCUT2D eigenvalue weighted by Gasteiger charge is -2.06. The second-order valence-corrected chi connectivity index (χ2v) is 4.75. The van der Waals surface area contributed by atoms with Crippen LogP contribution in [0.5, 0.6) is 0 Å². The van der Waals surface area contributed by atoms with Gasteiger partial charge in [-0.1, -0.05) is 30.3 Å². The summed E-state index contributed by atoms with van der Waals surface area (Å²) < 4.78 is 15.4. The van der Waals surface area contributed by atoms with Crippen LogP contribution in [0.15, 0.2) is 59.5 Å². The number of pyridine rings is 1. The molecule has 0 radical (unpaired) electrons. The number of rotatable bonds is 1. The second-order valence-electron chi connectivity index (χ2n) is 4.75. The number of aromatic amines is 1. The summed E-state index contributed by atoms with van der Waals surface area (Å²) in [5.74, 6) is -0.443. The Balaban J connectivity index is 2.24. The van der Waals surface area contributed by atoms with Gasteiger partial charge >= 0.3 is 5.69 Å². The maximum atomic E-state index is 14.1. The van der Waals surface area contributed by atoms with Crippen LogP contribution in [0.2, 0.25) is 0 Å². The summed E-state index contributed by atoms with van der Waals surface area (Å²) in [4.78, 5) is 19.3. The molecule has 4 aromatic rings. The highest BCUT2D eigenvalue weighted by Crippen LogP contribution is 2.24. The maximum Gasteiger partial charge on any atom is 0.331 e. The SMILES string of the molecule is O=c1[nH]c2cnc3ccccc3c2n1-c1ccccc1F. The molecule has 0 bridgehead atoms. The van der Waals surface area contributed by atoms with Gasteiger partial charge in [-0.25, -0.2) is 9.18 Å². The van der Waals surface area contributed by atoms with E-state index in [1.54, 1.807) is 24.4 Å². The van der Waals surface area contributed by atoms with Crippen molar-refractivity contribution in [1.29, 1.82) is 0 Å². The average Bonchev–Trinajstić information content (AvgIpc) is 2.84. The van der Waals surface area contributed by atoms with E-state index in [2.05, 4.69) is 9.97 Å². The Morgan fingerprint density at radius 2 is 1.81 bits per heavy atom. The van der Waals surface area contributed by atoms with Gasteiger partial charge in [0.15, 0.2) is 0 Å². The van der Waals surface area contributed by atoms with Crippen molar-refractivity contribution in [1.82, 2.24) is 14.5 Å². The molecule has 4 nitrogen and oxygen atoms in total. The smallest absolute Gasteiger partial charge is 0.304 e. The van der Waals surface area contributed by atoms with Crippen molar-refractivity contribution < 1.29 is 4.39 Å². The third kappa shape index (κ3) is 1.67. The van der Waals surface area contributed by atoms with Crippen molar-refractivity contribution in [3.8, 4) is 5.69 Å². The molecule has 0 spiro atoms. The van der Waals surface area contributed by atoms with Gasteiger partial charge in [-0.05, 0) is 18.2 Å². The molecule has 0 unspecified atom stereocenters. The predicted molar refractivity (Wildman–Crippen MR) is 79.2 cm³/mol. The summed E-state index contributed by atoms with van der Waals surface area (Å²) in [7, 11) is 0. The standard InChI is InChI=1S/C16H10FN3O/c17-11-6-2-4-8-14(11)20-15-10-5-1-3-7-12(10)18-9-13(15)19-16(20)21/h1-9H,(H,19,21). The molecule has 0 aliphatic heterocycles. The summed E-state index contributed by atoms with van der Waals surface area (Å²) >= 11 is 0. The van der Waals surface area contributed by atoms with E-state index in [9.17, 15) is 9.18 Å². The summed E-state index contributed by atoms with van der Waals surface area (Å²) in [6.45, 7) is 0. The molecule has 2 aromatic carbocycles. The van der Waals surface area contributed by atoms with Gasteiger partial charge in [-0.15, -0.1) is 0 Å². The number of fused-ring (bicyclic) bond motifs is 3. The van der Waals surface area contributed by atoms with Gasteiger partial charge in [0.05, 0.1) is 28.4 Å². The number of benzene rings is 2. The van der Waals surface area contributed by atoms with E-state index in [1.807, 2.05) is 24.3 Å². The van der Waals surface area contributed by atoms with Crippen LogP contribution < -0.4 is 5.69 Å². The lowest BCUT2D eigenvalue weighted by Crippen LogP contribution is -2.15. The number of nitrogens with one attached hydrogen (secondary N) is 1. The Kier molecular flexibility index (Phi) is 2.41. The Morgan fingerprint density at radius 1 is 1.05 bits per heavy atom. The number of halogens is 1. The fourth-order valence-electron chi connectivity index (χ4n) is 2.59. The Labute approximate surface area is 118 Å². The number of hydrogen-bond donors (Lipinski definition) is 1. The molecule has 1 N–H and O–H groups in total. The first-order valence-corrected chi connectivity index (χ1v) is 6.49. The van der Waals surface area contributed by atoms with Crippen LogP contribution in [0.25, 0.3) is 27.6 Å². The summed E-state index contributed by atoms with van der Waals surface area (Å²) in [5.41, 5.74) is 1.82. The maximum absolute atomic E-state index is 14.1. The zero-order chi connectivity index (χ0) is 14.4. The highest BCUT2D eigenvalue weighted by molar-refractivity contribution is 6.02. The monoisotopic (exact) mass is 279 g/mol. The van der Waals surface area contributed by atoms with E-state index < -0.39 is 5.82 Å². The number of nitrogens with zero attached hydrogens (tertiary/aromatic N) is 2. The highest BCUT2D eigenvalue weighted by Gasteiger charge is 2.14.